The van der Waals surface area contributed by atoms with Gasteiger partial charge >= 0.3 is 0 Å². The zero-order valence-electron chi connectivity index (χ0n) is 6.36. The molecule has 0 saturated carbocycles. The van der Waals surface area contributed by atoms with Crippen molar-refractivity contribution in [2.75, 3.05) is 13.2 Å². The zero-order valence-corrected chi connectivity index (χ0v) is 6.36. The molecule has 4 heteroatoms. The zero-order chi connectivity index (χ0) is 8.48. The van der Waals surface area contributed by atoms with Gasteiger partial charge in [-0.15, -0.1) is 0 Å². The number of hydrogen-bond donors (Lipinski definition) is 1. The molecule has 2 nitrogen and oxygen atoms in total. The summed E-state index contributed by atoms with van der Waals surface area (Å²) < 4.78 is 25.4. The first-order valence-electron chi connectivity index (χ1n) is 3.66. The molecule has 0 bridgehead atoms. The summed E-state index contributed by atoms with van der Waals surface area (Å²) in [6, 6.07) is 0. The third-order valence-electron chi connectivity index (χ3n) is 2.13. The Labute approximate surface area is 64.0 Å². The van der Waals surface area contributed by atoms with Gasteiger partial charge in [0.2, 0.25) is 5.91 Å². The smallest absolute Gasteiger partial charge is 0.226 e. The van der Waals surface area contributed by atoms with Crippen molar-refractivity contribution in [3.63, 3.8) is 0 Å². The van der Waals surface area contributed by atoms with E-state index >= 15 is 0 Å². The van der Waals surface area contributed by atoms with Crippen molar-refractivity contribution in [2.45, 2.75) is 19.0 Å². The molecule has 0 aliphatic carbocycles. The molecular formula is C7H11F2NO. The van der Waals surface area contributed by atoms with Gasteiger partial charge in [0, 0.05) is 0 Å². The lowest BCUT2D eigenvalue weighted by atomic mass is 9.91. The van der Waals surface area contributed by atoms with E-state index in [0.29, 0.717) is 6.42 Å². The van der Waals surface area contributed by atoms with Crippen LogP contribution in [0.5, 0.6) is 0 Å². The highest BCUT2D eigenvalue weighted by Crippen LogP contribution is 2.30. The molecule has 0 aromatic carbocycles. The van der Waals surface area contributed by atoms with E-state index in [4.69, 9.17) is 0 Å². The first-order chi connectivity index (χ1) is 5.14. The van der Waals surface area contributed by atoms with Gasteiger partial charge in [-0.1, -0.05) is 6.92 Å². The lowest BCUT2D eigenvalue weighted by molar-refractivity contribution is -0.124. The van der Waals surface area contributed by atoms with Crippen LogP contribution < -0.4 is 5.32 Å². The summed E-state index contributed by atoms with van der Waals surface area (Å²) in [6.45, 7) is 0.421. The summed E-state index contributed by atoms with van der Waals surface area (Å²) in [6.07, 6.45) is 0.353. The topological polar surface area (TPSA) is 29.1 Å². The Bertz CT molecular complexity index is 174. The summed E-state index contributed by atoms with van der Waals surface area (Å²) in [5.41, 5.74) is -1.95. The molecule has 1 amide bonds. The predicted octanol–water partition coefficient (Wildman–Crippen LogP) is 0.820. The molecule has 2 unspecified atom stereocenters. The summed E-state index contributed by atoms with van der Waals surface area (Å²) in [7, 11) is 0. The van der Waals surface area contributed by atoms with Crippen LogP contribution in [0.1, 0.15) is 13.3 Å². The number of carbonyl (C=O) groups is 1. The van der Waals surface area contributed by atoms with Gasteiger partial charge in [0.25, 0.3) is 0 Å². The highest BCUT2D eigenvalue weighted by molar-refractivity contribution is 5.82. The highest BCUT2D eigenvalue weighted by Gasteiger charge is 2.48. The normalized spacial score (nSPS) is 37.4. The SMILES string of the molecule is CCC1C(=O)NCC1(F)CF. The summed E-state index contributed by atoms with van der Waals surface area (Å²) >= 11 is 0. The lowest BCUT2D eigenvalue weighted by Gasteiger charge is -2.19. The fourth-order valence-electron chi connectivity index (χ4n) is 1.41. The lowest BCUT2D eigenvalue weighted by Crippen LogP contribution is -2.35. The van der Waals surface area contributed by atoms with Crippen LogP contribution in [-0.4, -0.2) is 24.8 Å². The Kier molecular flexibility index (Phi) is 2.11. The molecule has 0 spiro atoms. The predicted molar refractivity (Wildman–Crippen MR) is 36.6 cm³/mol. The number of alkyl halides is 2. The van der Waals surface area contributed by atoms with E-state index < -0.39 is 18.3 Å². The van der Waals surface area contributed by atoms with Crippen molar-refractivity contribution >= 4 is 5.91 Å². The van der Waals surface area contributed by atoms with Crippen LogP contribution in [0.4, 0.5) is 8.78 Å². The maximum absolute atomic E-state index is 13.3. The van der Waals surface area contributed by atoms with Gasteiger partial charge < -0.3 is 5.32 Å². The maximum Gasteiger partial charge on any atom is 0.226 e. The molecule has 1 heterocycles. The Hall–Kier alpha value is -0.670. The van der Waals surface area contributed by atoms with Crippen molar-refractivity contribution < 1.29 is 13.6 Å². The van der Waals surface area contributed by atoms with Gasteiger partial charge in [0.1, 0.15) is 6.67 Å². The average Bonchev–Trinajstić information content (AvgIpc) is 2.29. The van der Waals surface area contributed by atoms with E-state index in [1.807, 2.05) is 0 Å². The second-order valence-corrected chi connectivity index (χ2v) is 2.85. The monoisotopic (exact) mass is 163 g/mol. The first-order valence-corrected chi connectivity index (χ1v) is 3.66. The molecule has 0 aromatic heterocycles. The van der Waals surface area contributed by atoms with Crippen LogP contribution in [0.3, 0.4) is 0 Å². The third-order valence-corrected chi connectivity index (χ3v) is 2.13. The minimum atomic E-state index is -1.95. The van der Waals surface area contributed by atoms with Gasteiger partial charge in [-0.3, -0.25) is 4.79 Å². The van der Waals surface area contributed by atoms with Crippen LogP contribution in [0, 0.1) is 5.92 Å². The minimum absolute atomic E-state index is 0.180. The van der Waals surface area contributed by atoms with E-state index in [-0.39, 0.29) is 12.5 Å². The molecule has 2 atom stereocenters. The van der Waals surface area contributed by atoms with E-state index in [2.05, 4.69) is 5.32 Å². The van der Waals surface area contributed by atoms with Crippen molar-refractivity contribution in [3.8, 4) is 0 Å². The van der Waals surface area contributed by atoms with Crippen LogP contribution in [0.25, 0.3) is 0 Å². The van der Waals surface area contributed by atoms with Crippen LogP contribution >= 0.6 is 0 Å². The quantitative estimate of drug-likeness (QED) is 0.641. The Morgan fingerprint density at radius 3 is 2.82 bits per heavy atom. The van der Waals surface area contributed by atoms with Gasteiger partial charge in [0.05, 0.1) is 12.5 Å². The van der Waals surface area contributed by atoms with Gasteiger partial charge in [-0.05, 0) is 6.42 Å². The Morgan fingerprint density at radius 1 is 1.82 bits per heavy atom. The van der Waals surface area contributed by atoms with Crippen LogP contribution in [0.2, 0.25) is 0 Å². The van der Waals surface area contributed by atoms with Crippen molar-refractivity contribution in [1.29, 1.82) is 0 Å². The van der Waals surface area contributed by atoms with Crippen molar-refractivity contribution in [3.05, 3.63) is 0 Å². The third kappa shape index (κ3) is 1.21. The van der Waals surface area contributed by atoms with Crippen molar-refractivity contribution in [2.24, 2.45) is 5.92 Å². The van der Waals surface area contributed by atoms with Crippen LogP contribution in [0.15, 0.2) is 0 Å². The molecule has 0 radical (unpaired) electrons. The fourth-order valence-corrected chi connectivity index (χ4v) is 1.41. The number of nitrogens with one attached hydrogen (secondary N) is 1. The van der Waals surface area contributed by atoms with Crippen LogP contribution in [-0.2, 0) is 4.79 Å². The average molecular weight is 163 g/mol. The summed E-state index contributed by atoms with van der Waals surface area (Å²) in [5.74, 6) is -1.17. The number of halogens is 2. The Morgan fingerprint density at radius 2 is 2.45 bits per heavy atom. The van der Waals surface area contributed by atoms with E-state index in [1.165, 1.54) is 0 Å². The minimum Gasteiger partial charge on any atom is -0.352 e. The van der Waals surface area contributed by atoms with Gasteiger partial charge in [0.15, 0.2) is 5.67 Å². The molecule has 1 aliphatic rings. The molecule has 1 N–H and O–H groups in total. The van der Waals surface area contributed by atoms with E-state index in [9.17, 15) is 13.6 Å². The van der Waals surface area contributed by atoms with Gasteiger partial charge in [-0.2, -0.15) is 0 Å². The first kappa shape index (κ1) is 8.43. The highest BCUT2D eigenvalue weighted by atomic mass is 19.2. The second-order valence-electron chi connectivity index (χ2n) is 2.85. The number of carbonyl (C=O) groups excluding carboxylic acids is 1. The molecule has 1 aliphatic heterocycles. The van der Waals surface area contributed by atoms with Gasteiger partial charge in [-0.25, -0.2) is 8.78 Å². The molecular weight excluding hydrogens is 152 g/mol. The number of hydrogen-bond acceptors (Lipinski definition) is 1. The molecule has 11 heavy (non-hydrogen) atoms. The maximum atomic E-state index is 13.3. The Balaban J connectivity index is 2.75. The number of rotatable bonds is 2. The second kappa shape index (κ2) is 2.75. The largest absolute Gasteiger partial charge is 0.352 e. The summed E-state index contributed by atoms with van der Waals surface area (Å²) in [5, 5.41) is 2.31. The number of amides is 1. The molecule has 0 aromatic rings. The van der Waals surface area contributed by atoms with E-state index in [0.717, 1.165) is 0 Å². The molecule has 64 valence electrons. The molecule has 1 fully saturated rings. The summed E-state index contributed by atoms with van der Waals surface area (Å²) in [4.78, 5) is 10.9. The molecule has 1 saturated heterocycles. The van der Waals surface area contributed by atoms with E-state index in [1.54, 1.807) is 6.92 Å². The van der Waals surface area contributed by atoms with Crippen molar-refractivity contribution in [1.82, 2.24) is 5.32 Å². The molecule has 1 rings (SSSR count). The fraction of sp³-hybridized carbons (Fsp3) is 0.857. The standard InChI is InChI=1S/C7H11F2NO/c1-2-5-6(11)10-4-7(5,9)3-8/h5H,2-4H2,1H3,(H,10,11).